The van der Waals surface area contributed by atoms with Gasteiger partial charge in [-0.1, -0.05) is 35.9 Å². The van der Waals surface area contributed by atoms with Crippen LogP contribution in [-0.4, -0.2) is 34.1 Å². The summed E-state index contributed by atoms with van der Waals surface area (Å²) in [7, 11) is 1.64. The van der Waals surface area contributed by atoms with Crippen LogP contribution in [0.5, 0.6) is 5.75 Å². The number of carbonyl (C=O) groups excluding carboxylic acids is 1. The zero-order valence-electron chi connectivity index (χ0n) is 18.8. The third kappa shape index (κ3) is 6.04. The summed E-state index contributed by atoms with van der Waals surface area (Å²) in [6.45, 7) is 2.47. The smallest absolute Gasteiger partial charge is 0.335 e. The van der Waals surface area contributed by atoms with Gasteiger partial charge in [0.15, 0.2) is 5.17 Å². The lowest BCUT2D eigenvalue weighted by molar-refractivity contribution is -0.121. The van der Waals surface area contributed by atoms with Gasteiger partial charge in [0.2, 0.25) is 0 Å². The summed E-state index contributed by atoms with van der Waals surface area (Å²) in [5.74, 6) is -0.538. The van der Waals surface area contributed by atoms with Crippen molar-refractivity contribution in [2.75, 3.05) is 7.05 Å². The average Bonchev–Trinajstić information content (AvgIpc) is 3.07. The first kappa shape index (κ1) is 25.2. The molecule has 0 saturated carbocycles. The van der Waals surface area contributed by atoms with E-state index in [9.17, 15) is 14.7 Å². The van der Waals surface area contributed by atoms with E-state index in [-0.39, 0.29) is 11.5 Å². The number of carbonyl (C=O) groups is 2. The lowest BCUT2D eigenvalue weighted by Gasteiger charge is -2.12. The molecule has 9 heteroatoms. The second-order valence-electron chi connectivity index (χ2n) is 7.81. The summed E-state index contributed by atoms with van der Waals surface area (Å²) < 4.78 is 7.53. The van der Waals surface area contributed by atoms with Crippen LogP contribution in [0.25, 0.3) is 6.08 Å². The van der Waals surface area contributed by atoms with Gasteiger partial charge in [0, 0.05) is 7.05 Å². The highest BCUT2D eigenvalue weighted by Gasteiger charge is 2.30. The van der Waals surface area contributed by atoms with E-state index in [1.54, 1.807) is 25.3 Å². The van der Waals surface area contributed by atoms with Gasteiger partial charge in [0.25, 0.3) is 5.91 Å². The Labute approximate surface area is 224 Å². The zero-order chi connectivity index (χ0) is 25.1. The molecule has 0 radical (unpaired) electrons. The number of aromatic carboxylic acids is 1. The number of halogens is 2. The summed E-state index contributed by atoms with van der Waals surface area (Å²) in [5.41, 5.74) is 3.68. The first-order valence-electron chi connectivity index (χ1n) is 10.5. The molecule has 1 heterocycles. The molecule has 1 saturated heterocycles. The number of hydrogen-bond acceptors (Lipinski definition) is 5. The molecule has 1 aliphatic rings. The van der Waals surface area contributed by atoms with E-state index in [0.29, 0.717) is 28.1 Å². The van der Waals surface area contributed by atoms with Crippen molar-refractivity contribution in [3.8, 4) is 5.75 Å². The first-order valence-corrected chi connectivity index (χ1v) is 12.9. The van der Waals surface area contributed by atoms with Crippen LogP contribution in [0.3, 0.4) is 0 Å². The maximum absolute atomic E-state index is 12.8. The molecular weight excluding hydrogens is 596 g/mol. The molecule has 0 aliphatic carbocycles. The number of benzene rings is 3. The minimum Gasteiger partial charge on any atom is -0.487 e. The number of thioether (sulfide) groups is 1. The van der Waals surface area contributed by atoms with Gasteiger partial charge >= 0.3 is 5.97 Å². The van der Waals surface area contributed by atoms with Crippen molar-refractivity contribution in [3.05, 3.63) is 96.8 Å². The molecule has 178 valence electrons. The maximum Gasteiger partial charge on any atom is 0.335 e. The van der Waals surface area contributed by atoms with Crippen molar-refractivity contribution in [1.82, 2.24) is 4.90 Å². The summed E-state index contributed by atoms with van der Waals surface area (Å²) in [6, 6.07) is 18.2. The summed E-state index contributed by atoms with van der Waals surface area (Å²) in [5, 5.41) is 9.66. The molecule has 0 spiro atoms. The molecule has 1 amide bonds. The lowest BCUT2D eigenvalue weighted by atomic mass is 10.1. The molecular formula is C26H20Br2N2O4S. The fraction of sp³-hybridized carbons (Fsp3) is 0.115. The van der Waals surface area contributed by atoms with Gasteiger partial charge in [-0.25, -0.2) is 9.79 Å². The number of hydrogen-bond donors (Lipinski definition) is 1. The molecule has 6 nitrogen and oxygen atoms in total. The third-order valence-corrected chi connectivity index (χ3v) is 7.38. The van der Waals surface area contributed by atoms with E-state index in [0.717, 1.165) is 20.1 Å². The largest absolute Gasteiger partial charge is 0.487 e. The first-order chi connectivity index (χ1) is 16.7. The van der Waals surface area contributed by atoms with Crippen molar-refractivity contribution < 1.29 is 19.4 Å². The predicted octanol–water partition coefficient (Wildman–Crippen LogP) is 7.03. The van der Waals surface area contributed by atoms with Gasteiger partial charge in [-0.05, 0) is 98.1 Å². The van der Waals surface area contributed by atoms with E-state index in [1.807, 2.05) is 43.3 Å². The number of amidine groups is 1. The number of aliphatic imine (C=N–C) groups is 1. The molecule has 1 aliphatic heterocycles. The molecule has 3 aromatic rings. The maximum atomic E-state index is 12.8. The van der Waals surface area contributed by atoms with E-state index in [2.05, 4.69) is 36.9 Å². The molecule has 4 rings (SSSR count). The van der Waals surface area contributed by atoms with Crippen LogP contribution in [0.1, 0.15) is 27.0 Å². The second-order valence-corrected chi connectivity index (χ2v) is 10.5. The number of carboxylic acids is 1. The molecule has 3 aromatic carbocycles. The Morgan fingerprint density at radius 3 is 2.46 bits per heavy atom. The molecule has 0 atom stereocenters. The predicted molar refractivity (Wildman–Crippen MR) is 146 cm³/mol. The van der Waals surface area contributed by atoms with Crippen LogP contribution in [0.15, 0.2) is 79.5 Å². The number of ether oxygens (including phenoxy) is 1. The van der Waals surface area contributed by atoms with Crippen molar-refractivity contribution >= 4 is 72.4 Å². The van der Waals surface area contributed by atoms with E-state index < -0.39 is 5.97 Å². The Morgan fingerprint density at radius 1 is 1.11 bits per heavy atom. The molecule has 35 heavy (non-hydrogen) atoms. The summed E-state index contributed by atoms with van der Waals surface area (Å²) in [4.78, 5) is 30.5. The Hall–Kier alpha value is -2.88. The summed E-state index contributed by atoms with van der Waals surface area (Å²) in [6.07, 6.45) is 1.79. The zero-order valence-corrected chi connectivity index (χ0v) is 22.8. The topological polar surface area (TPSA) is 79.2 Å². The SMILES string of the molecule is Cc1ccc(COc2c(Br)cc(/C=C3\SC(=Nc4cccc(C(=O)O)c4)N(C)C3=O)cc2Br)cc1. The average molecular weight is 616 g/mol. The van der Waals surface area contributed by atoms with Gasteiger partial charge in [-0.2, -0.15) is 0 Å². The van der Waals surface area contributed by atoms with Crippen LogP contribution in [0.2, 0.25) is 0 Å². The minimum atomic E-state index is -1.03. The standard InChI is InChI=1S/C26H20Br2N2O4S/c1-15-6-8-16(9-7-15)14-34-23-20(27)10-17(11-21(23)28)12-22-24(31)30(2)26(35-22)29-19-5-3-4-18(13-19)25(32)33/h3-13H,14H2,1-2H3,(H,32,33)/b22-12-,29-26?. The Bertz CT molecular complexity index is 1350. The van der Waals surface area contributed by atoms with Gasteiger partial charge in [-0.3, -0.25) is 9.69 Å². The molecule has 0 aromatic heterocycles. The van der Waals surface area contributed by atoms with Crippen molar-refractivity contribution in [2.45, 2.75) is 13.5 Å². The molecule has 0 bridgehead atoms. The number of amides is 1. The van der Waals surface area contributed by atoms with Gasteiger partial charge in [0.1, 0.15) is 12.4 Å². The number of aryl methyl sites for hydroxylation is 1. The van der Waals surface area contributed by atoms with Gasteiger partial charge < -0.3 is 9.84 Å². The summed E-state index contributed by atoms with van der Waals surface area (Å²) >= 11 is 8.39. The highest BCUT2D eigenvalue weighted by molar-refractivity contribution is 9.11. The van der Waals surface area contributed by atoms with Crippen LogP contribution in [-0.2, 0) is 11.4 Å². The van der Waals surface area contributed by atoms with Crippen LogP contribution in [0.4, 0.5) is 5.69 Å². The van der Waals surface area contributed by atoms with E-state index in [4.69, 9.17) is 4.74 Å². The third-order valence-electron chi connectivity index (χ3n) is 5.14. The monoisotopic (exact) mass is 614 g/mol. The van der Waals surface area contributed by atoms with Crippen LogP contribution < -0.4 is 4.74 Å². The van der Waals surface area contributed by atoms with Gasteiger partial charge in [-0.15, -0.1) is 0 Å². The normalized spacial score (nSPS) is 15.8. The lowest BCUT2D eigenvalue weighted by Crippen LogP contribution is -2.23. The minimum absolute atomic E-state index is 0.138. The van der Waals surface area contributed by atoms with Crippen molar-refractivity contribution in [3.63, 3.8) is 0 Å². The Balaban J connectivity index is 1.54. The fourth-order valence-corrected chi connectivity index (χ4v) is 5.70. The molecule has 1 fully saturated rings. The molecule has 0 unspecified atom stereocenters. The van der Waals surface area contributed by atoms with Crippen LogP contribution in [0, 0.1) is 6.92 Å². The van der Waals surface area contributed by atoms with Crippen LogP contribution >= 0.6 is 43.6 Å². The number of likely N-dealkylation sites (N-methyl/N-ethyl adjacent to an activating group) is 1. The number of nitrogens with zero attached hydrogens (tertiary/aromatic N) is 2. The highest BCUT2D eigenvalue weighted by Crippen LogP contribution is 2.38. The van der Waals surface area contributed by atoms with Crippen molar-refractivity contribution in [2.24, 2.45) is 4.99 Å². The number of carboxylic acid groups (broad SMARTS) is 1. The quantitative estimate of drug-likeness (QED) is 0.301. The molecule has 1 N–H and O–H groups in total. The van der Waals surface area contributed by atoms with Gasteiger partial charge in [0.05, 0.1) is 25.1 Å². The highest BCUT2D eigenvalue weighted by atomic mass is 79.9. The second kappa shape index (κ2) is 10.8. The van der Waals surface area contributed by atoms with E-state index >= 15 is 0 Å². The van der Waals surface area contributed by atoms with Crippen molar-refractivity contribution in [1.29, 1.82) is 0 Å². The number of rotatable bonds is 6. The Kier molecular flexibility index (Phi) is 7.78. The van der Waals surface area contributed by atoms with E-state index in [1.165, 1.54) is 34.4 Å². The Morgan fingerprint density at radius 2 is 1.80 bits per heavy atom. The fourth-order valence-electron chi connectivity index (χ4n) is 3.26.